The van der Waals surface area contributed by atoms with Crippen LogP contribution in [0.25, 0.3) is 16.6 Å². The average Bonchev–Trinajstić information content (AvgIpc) is 3.21. The summed E-state index contributed by atoms with van der Waals surface area (Å²) in [6, 6.07) is 9.36. The molecule has 0 spiro atoms. The number of carbonyl (C=O) groups is 2. The Bertz CT molecular complexity index is 1160. The van der Waals surface area contributed by atoms with E-state index in [0.717, 1.165) is 16.6 Å². The van der Waals surface area contributed by atoms with Crippen LogP contribution in [0.4, 0.5) is 0 Å². The summed E-state index contributed by atoms with van der Waals surface area (Å²) in [5.74, 6) is -0.873. The third-order valence-electron chi connectivity index (χ3n) is 4.18. The van der Waals surface area contributed by atoms with Crippen LogP contribution < -0.4 is 10.9 Å². The zero-order valence-corrected chi connectivity index (χ0v) is 14.2. The van der Waals surface area contributed by atoms with Crippen molar-refractivity contribution in [2.24, 2.45) is 7.05 Å². The first-order chi connectivity index (χ1) is 12.5. The third-order valence-corrected chi connectivity index (χ3v) is 4.18. The van der Waals surface area contributed by atoms with Crippen molar-refractivity contribution in [2.75, 3.05) is 0 Å². The molecule has 130 valence electrons. The number of hydrogen-bond acceptors (Lipinski definition) is 4. The summed E-state index contributed by atoms with van der Waals surface area (Å²) in [6.45, 7) is 1.83. The van der Waals surface area contributed by atoms with E-state index in [-0.39, 0.29) is 5.56 Å². The van der Waals surface area contributed by atoms with E-state index in [2.05, 4.69) is 20.9 Å². The van der Waals surface area contributed by atoms with Crippen LogP contribution >= 0.6 is 0 Å². The van der Waals surface area contributed by atoms with Crippen LogP contribution in [0.5, 0.6) is 0 Å². The molecule has 2 N–H and O–H groups in total. The van der Waals surface area contributed by atoms with Crippen molar-refractivity contribution in [2.45, 2.75) is 6.92 Å². The van der Waals surface area contributed by atoms with Gasteiger partial charge in [-0.3, -0.25) is 20.4 Å². The van der Waals surface area contributed by atoms with Crippen molar-refractivity contribution in [3.63, 3.8) is 0 Å². The van der Waals surface area contributed by atoms with Gasteiger partial charge >= 0.3 is 0 Å². The van der Waals surface area contributed by atoms with Crippen molar-refractivity contribution in [3.05, 3.63) is 65.7 Å². The summed E-state index contributed by atoms with van der Waals surface area (Å²) >= 11 is 0. The van der Waals surface area contributed by atoms with E-state index in [4.69, 9.17) is 0 Å². The second kappa shape index (κ2) is 5.99. The van der Waals surface area contributed by atoms with Crippen LogP contribution in [0.2, 0.25) is 0 Å². The number of aryl methyl sites for hydroxylation is 2. The predicted octanol–water partition coefficient (Wildman–Crippen LogP) is 1.60. The van der Waals surface area contributed by atoms with E-state index >= 15 is 0 Å². The topological polar surface area (TPSA) is 93.3 Å². The molecule has 0 atom stereocenters. The molecule has 0 saturated carbocycles. The maximum absolute atomic E-state index is 12.5. The molecule has 4 aromatic rings. The molecule has 0 aliphatic carbocycles. The van der Waals surface area contributed by atoms with Crippen LogP contribution in [0.3, 0.4) is 0 Å². The number of amides is 2. The lowest BCUT2D eigenvalue weighted by molar-refractivity contribution is 0.0848. The molecule has 1 aromatic carbocycles. The van der Waals surface area contributed by atoms with Crippen LogP contribution in [0, 0.1) is 6.92 Å². The smallest absolute Gasteiger partial charge is 0.275 e. The second-order valence-corrected chi connectivity index (χ2v) is 5.97. The van der Waals surface area contributed by atoms with Gasteiger partial charge in [0.2, 0.25) is 0 Å². The molecular formula is C18H16N6O2. The first-order valence-electron chi connectivity index (χ1n) is 8.00. The Labute approximate surface area is 148 Å². The Morgan fingerprint density at radius 1 is 1.04 bits per heavy atom. The van der Waals surface area contributed by atoms with E-state index in [0.29, 0.717) is 11.2 Å². The molecule has 0 radical (unpaired) electrons. The summed E-state index contributed by atoms with van der Waals surface area (Å²) in [5.41, 5.74) is 7.79. The number of hydrazine groups is 1. The van der Waals surface area contributed by atoms with Gasteiger partial charge in [-0.05, 0) is 19.1 Å². The fraction of sp³-hybridized carbons (Fsp3) is 0.111. The number of nitrogens with zero attached hydrogens (tertiary/aromatic N) is 4. The largest absolute Gasteiger partial charge is 0.350 e. The number of carbonyl (C=O) groups excluding carboxylic acids is 2. The minimum absolute atomic E-state index is 0.284. The summed E-state index contributed by atoms with van der Waals surface area (Å²) < 4.78 is 3.37. The summed E-state index contributed by atoms with van der Waals surface area (Å²) in [7, 11) is 1.87. The Morgan fingerprint density at radius 2 is 1.77 bits per heavy atom. The number of rotatable bonds is 2. The Morgan fingerprint density at radius 3 is 2.58 bits per heavy atom. The minimum atomic E-state index is -0.480. The molecule has 4 rings (SSSR count). The minimum Gasteiger partial charge on any atom is -0.350 e. The van der Waals surface area contributed by atoms with Crippen molar-refractivity contribution in [3.8, 4) is 0 Å². The van der Waals surface area contributed by atoms with E-state index in [9.17, 15) is 9.59 Å². The molecule has 8 heteroatoms. The van der Waals surface area contributed by atoms with E-state index < -0.39 is 11.8 Å². The predicted molar refractivity (Wildman–Crippen MR) is 95.6 cm³/mol. The maximum atomic E-state index is 12.5. The van der Waals surface area contributed by atoms with Crippen molar-refractivity contribution < 1.29 is 9.59 Å². The number of aromatic nitrogens is 4. The Hall–Kier alpha value is -3.68. The Kier molecular flexibility index (Phi) is 3.65. The van der Waals surface area contributed by atoms with Gasteiger partial charge in [0.15, 0.2) is 5.65 Å². The van der Waals surface area contributed by atoms with Gasteiger partial charge in [0.1, 0.15) is 5.56 Å². The fourth-order valence-electron chi connectivity index (χ4n) is 2.89. The first-order valence-corrected chi connectivity index (χ1v) is 8.00. The fourth-order valence-corrected chi connectivity index (χ4v) is 2.89. The molecule has 8 nitrogen and oxygen atoms in total. The molecule has 2 amide bonds. The molecule has 3 aromatic heterocycles. The van der Waals surface area contributed by atoms with E-state index in [1.165, 1.54) is 10.7 Å². The van der Waals surface area contributed by atoms with Crippen LogP contribution in [-0.4, -0.2) is 31.0 Å². The van der Waals surface area contributed by atoms with Gasteiger partial charge in [0.05, 0.1) is 11.8 Å². The molecule has 0 aliphatic heterocycles. The van der Waals surface area contributed by atoms with Crippen molar-refractivity contribution in [1.82, 2.24) is 30.0 Å². The maximum Gasteiger partial charge on any atom is 0.275 e. The Balaban J connectivity index is 1.55. The summed E-state index contributed by atoms with van der Waals surface area (Å²) in [5, 5.41) is 4.90. The highest BCUT2D eigenvalue weighted by Gasteiger charge is 2.17. The summed E-state index contributed by atoms with van der Waals surface area (Å²) in [6.07, 6.45) is 4.87. The number of nitrogens with one attached hydrogen (secondary N) is 2. The lowest BCUT2D eigenvalue weighted by atomic mass is 10.2. The number of benzene rings is 1. The second-order valence-electron chi connectivity index (χ2n) is 5.97. The molecule has 0 bridgehead atoms. The highest BCUT2D eigenvalue weighted by atomic mass is 16.2. The highest BCUT2D eigenvalue weighted by molar-refractivity contribution is 6.08. The normalized spacial score (nSPS) is 11.0. The number of fused-ring (bicyclic) bond motifs is 2. The number of hydrogen-bond donors (Lipinski definition) is 2. The number of para-hydroxylation sites is 1. The van der Waals surface area contributed by atoms with Crippen molar-refractivity contribution in [1.29, 1.82) is 0 Å². The van der Waals surface area contributed by atoms with Gasteiger partial charge in [0, 0.05) is 36.0 Å². The molecular weight excluding hydrogens is 332 g/mol. The van der Waals surface area contributed by atoms with Crippen molar-refractivity contribution >= 4 is 28.4 Å². The van der Waals surface area contributed by atoms with Gasteiger partial charge in [0.25, 0.3) is 11.8 Å². The average molecular weight is 348 g/mol. The first kappa shape index (κ1) is 15.8. The van der Waals surface area contributed by atoms with Gasteiger partial charge in [-0.2, -0.15) is 5.10 Å². The quantitative estimate of drug-likeness (QED) is 0.538. The van der Waals surface area contributed by atoms with E-state index in [1.54, 1.807) is 18.5 Å². The van der Waals surface area contributed by atoms with Gasteiger partial charge in [-0.15, -0.1) is 0 Å². The molecule has 26 heavy (non-hydrogen) atoms. The van der Waals surface area contributed by atoms with Gasteiger partial charge < -0.3 is 4.57 Å². The molecule has 3 heterocycles. The van der Waals surface area contributed by atoms with Crippen LogP contribution in [0.1, 0.15) is 26.4 Å². The molecule has 0 saturated heterocycles. The molecule has 0 fully saturated rings. The molecule has 0 aliphatic rings. The van der Waals surface area contributed by atoms with E-state index in [1.807, 2.05) is 42.8 Å². The van der Waals surface area contributed by atoms with Gasteiger partial charge in [-0.1, -0.05) is 18.2 Å². The standard InChI is InChI=1S/C18H16N6O2/c1-11-7-8-24-16(20-11)13(9-19-24)17(25)21-22-18(26)14-10-23(2)15-6-4-3-5-12(14)15/h3-10H,1-2H3,(H,21,25)(H,22,26). The lowest BCUT2D eigenvalue weighted by Crippen LogP contribution is -2.41. The summed E-state index contributed by atoms with van der Waals surface area (Å²) in [4.78, 5) is 29.2. The van der Waals surface area contributed by atoms with Gasteiger partial charge in [-0.25, -0.2) is 9.50 Å². The zero-order chi connectivity index (χ0) is 18.3. The van der Waals surface area contributed by atoms with Crippen LogP contribution in [-0.2, 0) is 7.05 Å². The van der Waals surface area contributed by atoms with Crippen LogP contribution in [0.15, 0.2) is 48.9 Å². The highest BCUT2D eigenvalue weighted by Crippen LogP contribution is 2.19. The zero-order valence-electron chi connectivity index (χ0n) is 14.2. The SMILES string of the molecule is Cc1ccn2ncc(C(=O)NNC(=O)c3cn(C)c4ccccc34)c2n1. The third kappa shape index (κ3) is 2.57. The monoisotopic (exact) mass is 348 g/mol. The lowest BCUT2D eigenvalue weighted by Gasteiger charge is -2.06. The molecule has 0 unspecified atom stereocenters.